The van der Waals surface area contributed by atoms with E-state index in [-0.39, 0.29) is 11.2 Å². The summed E-state index contributed by atoms with van der Waals surface area (Å²) in [4.78, 5) is 12.0. The molecule has 0 amide bonds. The summed E-state index contributed by atoms with van der Waals surface area (Å²) in [5, 5.41) is 10.2. The minimum Gasteiger partial charge on any atom is -0.385 e. The van der Waals surface area contributed by atoms with Crippen LogP contribution in [0.1, 0.15) is 65.7 Å². The third-order valence-corrected chi connectivity index (χ3v) is 8.59. The quantitative estimate of drug-likeness (QED) is 0.710. The van der Waals surface area contributed by atoms with Gasteiger partial charge >= 0.3 is 0 Å². The SMILES string of the molecule is C=C(C)[C@H]1CC[C@H]2[C@@H]3CCC4=CC(=O)C(O)C[C@]4(C)[C@H]3CC[C@]12C. The molecule has 0 aromatic carbocycles. The second-order valence-corrected chi connectivity index (χ2v) is 9.65. The molecule has 4 rings (SSSR count). The van der Waals surface area contributed by atoms with Gasteiger partial charge in [0.1, 0.15) is 6.10 Å². The molecule has 132 valence electrons. The van der Waals surface area contributed by atoms with Crippen LogP contribution in [-0.2, 0) is 4.79 Å². The van der Waals surface area contributed by atoms with Crippen LogP contribution in [0.2, 0.25) is 0 Å². The summed E-state index contributed by atoms with van der Waals surface area (Å²) < 4.78 is 0. The van der Waals surface area contributed by atoms with Gasteiger partial charge in [-0.15, -0.1) is 0 Å². The van der Waals surface area contributed by atoms with Gasteiger partial charge in [-0.05, 0) is 92.4 Å². The summed E-state index contributed by atoms with van der Waals surface area (Å²) in [6, 6.07) is 0. The molecule has 0 aliphatic heterocycles. The first-order valence-electron chi connectivity index (χ1n) is 9.86. The van der Waals surface area contributed by atoms with Gasteiger partial charge in [0.2, 0.25) is 0 Å². The molecule has 0 spiro atoms. The molecule has 24 heavy (non-hydrogen) atoms. The minimum atomic E-state index is -0.780. The Kier molecular flexibility index (Phi) is 3.66. The molecule has 2 nitrogen and oxygen atoms in total. The standard InChI is InChI=1S/C22H32O2/c1-13(2)16-7-8-17-15-6-5-14-11-19(23)20(24)12-22(14,4)18(15)9-10-21(16,17)3/h11,15-18,20,24H,1,5-10,12H2,2-4H3/t15-,16+,17-,18-,20?,21+,22-/m0/s1. The van der Waals surface area contributed by atoms with Crippen molar-refractivity contribution in [3.05, 3.63) is 23.8 Å². The van der Waals surface area contributed by atoms with Crippen molar-refractivity contribution in [3.63, 3.8) is 0 Å². The molecule has 4 aliphatic carbocycles. The van der Waals surface area contributed by atoms with Crippen molar-refractivity contribution in [2.24, 2.45) is 34.5 Å². The number of aliphatic hydroxyl groups is 1. The first-order chi connectivity index (χ1) is 11.3. The van der Waals surface area contributed by atoms with Crippen LogP contribution in [0.5, 0.6) is 0 Å². The minimum absolute atomic E-state index is 0.0406. The van der Waals surface area contributed by atoms with E-state index in [1.165, 1.54) is 43.3 Å². The van der Waals surface area contributed by atoms with Gasteiger partial charge in [0.05, 0.1) is 0 Å². The highest BCUT2D eigenvalue weighted by molar-refractivity contribution is 5.95. The first kappa shape index (κ1) is 16.6. The number of allylic oxidation sites excluding steroid dienone is 2. The monoisotopic (exact) mass is 328 g/mol. The van der Waals surface area contributed by atoms with Gasteiger partial charge in [0.15, 0.2) is 5.78 Å². The highest BCUT2D eigenvalue weighted by atomic mass is 16.3. The highest BCUT2D eigenvalue weighted by Gasteiger charge is 2.59. The van der Waals surface area contributed by atoms with Crippen LogP contribution in [0, 0.1) is 34.5 Å². The Morgan fingerprint density at radius 3 is 2.67 bits per heavy atom. The van der Waals surface area contributed by atoms with Crippen molar-refractivity contribution in [2.45, 2.75) is 71.8 Å². The zero-order valence-corrected chi connectivity index (χ0v) is 15.5. The summed E-state index contributed by atoms with van der Waals surface area (Å²) in [6.07, 6.45) is 9.12. The van der Waals surface area contributed by atoms with Crippen LogP contribution in [0.4, 0.5) is 0 Å². The third-order valence-electron chi connectivity index (χ3n) is 8.59. The predicted molar refractivity (Wildman–Crippen MR) is 96.4 cm³/mol. The summed E-state index contributed by atoms with van der Waals surface area (Å²) in [5.74, 6) is 2.82. The van der Waals surface area contributed by atoms with E-state index >= 15 is 0 Å². The van der Waals surface area contributed by atoms with Crippen molar-refractivity contribution < 1.29 is 9.90 Å². The molecule has 2 heteroatoms. The molecule has 0 bridgehead atoms. The van der Waals surface area contributed by atoms with Crippen LogP contribution in [0.25, 0.3) is 0 Å². The molecular weight excluding hydrogens is 296 g/mol. The number of fused-ring (bicyclic) bond motifs is 5. The lowest BCUT2D eigenvalue weighted by atomic mass is 9.46. The summed E-state index contributed by atoms with van der Waals surface area (Å²) in [7, 11) is 0. The van der Waals surface area contributed by atoms with Gasteiger partial charge < -0.3 is 5.11 Å². The van der Waals surface area contributed by atoms with E-state index in [1.807, 2.05) is 0 Å². The Balaban J connectivity index is 1.68. The highest BCUT2D eigenvalue weighted by Crippen LogP contribution is 2.67. The second kappa shape index (κ2) is 5.30. The largest absolute Gasteiger partial charge is 0.385 e. The molecular formula is C22H32O2. The predicted octanol–water partition coefficient (Wildman–Crippen LogP) is 4.68. The van der Waals surface area contributed by atoms with E-state index in [1.54, 1.807) is 6.08 Å². The van der Waals surface area contributed by atoms with E-state index in [0.29, 0.717) is 23.7 Å². The van der Waals surface area contributed by atoms with Crippen molar-refractivity contribution in [2.75, 3.05) is 0 Å². The molecule has 0 aromatic rings. The molecule has 3 fully saturated rings. The molecule has 0 saturated heterocycles. The van der Waals surface area contributed by atoms with E-state index < -0.39 is 6.10 Å². The molecule has 7 atom stereocenters. The van der Waals surface area contributed by atoms with Crippen LogP contribution in [-0.4, -0.2) is 17.0 Å². The van der Waals surface area contributed by atoms with Gasteiger partial charge in [-0.1, -0.05) is 31.6 Å². The Morgan fingerprint density at radius 2 is 1.96 bits per heavy atom. The fraction of sp³-hybridized carbons (Fsp3) is 0.773. The third kappa shape index (κ3) is 2.08. The van der Waals surface area contributed by atoms with E-state index in [2.05, 4.69) is 27.4 Å². The number of rotatable bonds is 1. The van der Waals surface area contributed by atoms with Crippen molar-refractivity contribution >= 4 is 5.78 Å². The average molecular weight is 328 g/mol. The van der Waals surface area contributed by atoms with Crippen LogP contribution < -0.4 is 0 Å². The average Bonchev–Trinajstić information content (AvgIpc) is 2.86. The Morgan fingerprint density at radius 1 is 1.21 bits per heavy atom. The molecule has 0 radical (unpaired) electrons. The van der Waals surface area contributed by atoms with Gasteiger partial charge in [-0.3, -0.25) is 4.79 Å². The summed E-state index contributed by atoms with van der Waals surface area (Å²) >= 11 is 0. The van der Waals surface area contributed by atoms with Gasteiger partial charge in [-0.25, -0.2) is 0 Å². The number of hydrogen-bond donors (Lipinski definition) is 1. The zero-order valence-electron chi connectivity index (χ0n) is 15.5. The molecule has 0 heterocycles. The number of ketones is 1. The lowest BCUT2D eigenvalue weighted by molar-refractivity contribution is -0.128. The molecule has 3 saturated carbocycles. The summed E-state index contributed by atoms with van der Waals surface area (Å²) in [5.41, 5.74) is 3.17. The van der Waals surface area contributed by atoms with E-state index in [4.69, 9.17) is 0 Å². The summed E-state index contributed by atoms with van der Waals surface area (Å²) in [6.45, 7) is 11.4. The molecule has 1 N–H and O–H groups in total. The number of hydrogen-bond acceptors (Lipinski definition) is 2. The van der Waals surface area contributed by atoms with Crippen molar-refractivity contribution in [1.29, 1.82) is 0 Å². The smallest absolute Gasteiger partial charge is 0.184 e. The first-order valence-corrected chi connectivity index (χ1v) is 9.86. The Bertz CT molecular complexity index is 617. The topological polar surface area (TPSA) is 37.3 Å². The van der Waals surface area contributed by atoms with Gasteiger partial charge in [-0.2, -0.15) is 0 Å². The van der Waals surface area contributed by atoms with Crippen LogP contribution in [0.3, 0.4) is 0 Å². The van der Waals surface area contributed by atoms with Crippen molar-refractivity contribution in [3.8, 4) is 0 Å². The molecule has 1 unspecified atom stereocenters. The Labute approximate surface area is 146 Å². The lowest BCUT2D eigenvalue weighted by Crippen LogP contribution is -2.52. The Hall–Kier alpha value is -0.890. The maximum atomic E-state index is 12.0. The van der Waals surface area contributed by atoms with Crippen LogP contribution in [0.15, 0.2) is 23.8 Å². The van der Waals surface area contributed by atoms with Gasteiger partial charge in [0.25, 0.3) is 0 Å². The second-order valence-electron chi connectivity index (χ2n) is 9.65. The maximum absolute atomic E-state index is 12.0. The van der Waals surface area contributed by atoms with E-state index in [0.717, 1.165) is 18.3 Å². The fourth-order valence-corrected chi connectivity index (χ4v) is 7.43. The molecule has 0 aromatic heterocycles. The fourth-order valence-electron chi connectivity index (χ4n) is 7.43. The van der Waals surface area contributed by atoms with Crippen LogP contribution >= 0.6 is 0 Å². The lowest BCUT2D eigenvalue weighted by Gasteiger charge is -2.58. The van der Waals surface area contributed by atoms with E-state index in [9.17, 15) is 9.90 Å². The maximum Gasteiger partial charge on any atom is 0.184 e. The number of carbonyl (C=O) groups excluding carboxylic acids is 1. The number of carbonyl (C=O) groups is 1. The zero-order chi connectivity index (χ0) is 17.3. The normalized spacial score (nSPS) is 50.6. The number of aliphatic hydroxyl groups excluding tert-OH is 1. The van der Waals surface area contributed by atoms with Gasteiger partial charge in [0, 0.05) is 0 Å². The van der Waals surface area contributed by atoms with Crippen molar-refractivity contribution in [1.82, 2.24) is 0 Å². The molecule has 4 aliphatic rings.